The Hall–Kier alpha value is -2.19. The van der Waals surface area contributed by atoms with Gasteiger partial charge < -0.3 is 16.0 Å². The van der Waals surface area contributed by atoms with E-state index >= 15 is 0 Å². The maximum absolute atomic E-state index is 12.9. The third-order valence-electron chi connectivity index (χ3n) is 3.79. The van der Waals surface area contributed by atoms with Crippen LogP contribution in [0.1, 0.15) is 25.5 Å². The Bertz CT molecular complexity index is 574. The van der Waals surface area contributed by atoms with Crippen LogP contribution < -0.4 is 11.1 Å². The van der Waals surface area contributed by atoms with Gasteiger partial charge in [-0.15, -0.1) is 0 Å². The number of primary amides is 1. The van der Waals surface area contributed by atoms with Crippen LogP contribution in [-0.4, -0.2) is 39.7 Å². The van der Waals surface area contributed by atoms with Crippen LogP contribution in [-0.2, 0) is 11.8 Å². The summed E-state index contributed by atoms with van der Waals surface area (Å²) >= 11 is 0. The monoisotopic (exact) mass is 301 g/mol. The van der Waals surface area contributed by atoms with Gasteiger partial charge in [0.05, 0.1) is 17.3 Å². The summed E-state index contributed by atoms with van der Waals surface area (Å²) in [4.78, 5) is 24.8. The number of aromatic nitrogens is 2. The van der Waals surface area contributed by atoms with Crippen molar-refractivity contribution < 1.29 is 18.4 Å². The van der Waals surface area contributed by atoms with Crippen LogP contribution in [0.15, 0.2) is 6.20 Å². The van der Waals surface area contributed by atoms with Gasteiger partial charge >= 0.3 is 6.03 Å². The lowest BCUT2D eigenvalue weighted by Gasteiger charge is -2.21. The molecular formula is C12H17F2N5O2. The van der Waals surface area contributed by atoms with E-state index in [1.807, 2.05) is 0 Å². The molecule has 0 saturated carbocycles. The molecule has 1 aromatic heterocycles. The van der Waals surface area contributed by atoms with Gasteiger partial charge in [-0.3, -0.25) is 9.48 Å². The molecule has 1 fully saturated rings. The number of anilines is 1. The molecule has 0 radical (unpaired) electrons. The summed E-state index contributed by atoms with van der Waals surface area (Å²) in [6.07, 6.45) is -1.13. The second kappa shape index (κ2) is 5.30. The van der Waals surface area contributed by atoms with Crippen molar-refractivity contribution >= 4 is 17.6 Å². The van der Waals surface area contributed by atoms with Gasteiger partial charge in [-0.25, -0.2) is 13.6 Å². The van der Waals surface area contributed by atoms with E-state index in [9.17, 15) is 18.4 Å². The lowest BCUT2D eigenvalue weighted by atomic mass is 9.89. The van der Waals surface area contributed by atoms with Crippen LogP contribution in [0.5, 0.6) is 0 Å². The number of carbonyl (C=O) groups excluding carboxylic acids is 2. The average molecular weight is 301 g/mol. The van der Waals surface area contributed by atoms with Gasteiger partial charge in [0.2, 0.25) is 5.91 Å². The highest BCUT2D eigenvalue weighted by Crippen LogP contribution is 2.31. The summed E-state index contributed by atoms with van der Waals surface area (Å²) in [6, 6.07) is -0.546. The fourth-order valence-corrected chi connectivity index (χ4v) is 2.33. The molecule has 0 bridgehead atoms. The van der Waals surface area contributed by atoms with E-state index in [-0.39, 0.29) is 17.9 Å². The Morgan fingerprint density at radius 1 is 1.52 bits per heavy atom. The van der Waals surface area contributed by atoms with Crippen molar-refractivity contribution in [3.8, 4) is 0 Å². The topological polar surface area (TPSA) is 93.2 Å². The van der Waals surface area contributed by atoms with E-state index in [1.165, 1.54) is 18.1 Å². The van der Waals surface area contributed by atoms with Crippen LogP contribution in [0.2, 0.25) is 0 Å². The summed E-state index contributed by atoms with van der Waals surface area (Å²) in [5, 5.41) is 6.11. The molecule has 21 heavy (non-hydrogen) atoms. The van der Waals surface area contributed by atoms with Crippen LogP contribution in [0.25, 0.3) is 0 Å². The zero-order valence-corrected chi connectivity index (χ0v) is 11.8. The van der Waals surface area contributed by atoms with Crippen molar-refractivity contribution in [2.45, 2.75) is 19.8 Å². The fourth-order valence-electron chi connectivity index (χ4n) is 2.33. The Labute approximate surface area is 120 Å². The minimum absolute atomic E-state index is 0.0369. The van der Waals surface area contributed by atoms with Gasteiger partial charge in [0.1, 0.15) is 5.69 Å². The number of urea groups is 1. The number of carbonyl (C=O) groups is 2. The molecule has 3 amide bonds. The number of nitrogens with one attached hydrogen (secondary N) is 1. The minimum atomic E-state index is -2.75. The first-order valence-electron chi connectivity index (χ1n) is 6.40. The number of alkyl halides is 2. The molecule has 2 rings (SSSR count). The first-order chi connectivity index (χ1) is 9.74. The molecule has 116 valence electrons. The standard InChI is InChI=1S/C12H17F2N5O2/c1-12(10(15)20)3-4-19(6-12)11(21)17-7-5-16-18(2)8(7)9(13)14/h5,9H,3-4,6H2,1-2H3,(H2,15,20)(H,17,21). The summed E-state index contributed by atoms with van der Waals surface area (Å²) in [6.45, 7) is 2.19. The zero-order chi connectivity index (χ0) is 15.8. The zero-order valence-electron chi connectivity index (χ0n) is 11.8. The molecule has 1 unspecified atom stereocenters. The highest BCUT2D eigenvalue weighted by Gasteiger charge is 2.40. The maximum atomic E-state index is 12.9. The van der Waals surface area contributed by atoms with Gasteiger partial charge in [0.15, 0.2) is 0 Å². The van der Waals surface area contributed by atoms with E-state index in [2.05, 4.69) is 10.4 Å². The number of aryl methyl sites for hydroxylation is 1. The molecule has 1 atom stereocenters. The van der Waals surface area contributed by atoms with Crippen molar-refractivity contribution in [3.63, 3.8) is 0 Å². The first kappa shape index (κ1) is 15.2. The molecule has 0 aromatic carbocycles. The number of amides is 3. The quantitative estimate of drug-likeness (QED) is 0.875. The Morgan fingerprint density at radius 3 is 2.71 bits per heavy atom. The molecule has 9 heteroatoms. The molecule has 0 spiro atoms. The summed E-state index contributed by atoms with van der Waals surface area (Å²) in [5.74, 6) is -0.479. The smallest absolute Gasteiger partial charge is 0.321 e. The summed E-state index contributed by atoms with van der Waals surface area (Å²) in [5.41, 5.74) is 4.13. The number of hydrogen-bond acceptors (Lipinski definition) is 3. The largest absolute Gasteiger partial charge is 0.369 e. The van der Waals surface area contributed by atoms with E-state index < -0.39 is 23.8 Å². The molecule has 1 saturated heterocycles. The highest BCUT2D eigenvalue weighted by atomic mass is 19.3. The van der Waals surface area contributed by atoms with Gasteiger partial charge in [0.25, 0.3) is 6.43 Å². The van der Waals surface area contributed by atoms with E-state index in [1.54, 1.807) is 6.92 Å². The third-order valence-corrected chi connectivity index (χ3v) is 3.79. The van der Waals surface area contributed by atoms with Crippen molar-refractivity contribution in [3.05, 3.63) is 11.9 Å². The molecule has 1 aliphatic heterocycles. The second-order valence-electron chi connectivity index (χ2n) is 5.39. The predicted molar refractivity (Wildman–Crippen MR) is 70.7 cm³/mol. The first-order valence-corrected chi connectivity index (χ1v) is 6.40. The van der Waals surface area contributed by atoms with Gasteiger partial charge in [0, 0.05) is 20.1 Å². The van der Waals surface area contributed by atoms with E-state index in [0.29, 0.717) is 13.0 Å². The lowest BCUT2D eigenvalue weighted by Crippen LogP contribution is -2.40. The average Bonchev–Trinajstić information content (AvgIpc) is 2.94. The van der Waals surface area contributed by atoms with Gasteiger partial charge in [-0.1, -0.05) is 0 Å². The Balaban J connectivity index is 2.08. The van der Waals surface area contributed by atoms with E-state index in [0.717, 1.165) is 4.68 Å². The fraction of sp³-hybridized carbons (Fsp3) is 0.583. The summed E-state index contributed by atoms with van der Waals surface area (Å²) < 4.78 is 26.8. The maximum Gasteiger partial charge on any atom is 0.321 e. The number of halogens is 2. The lowest BCUT2D eigenvalue weighted by molar-refractivity contribution is -0.126. The number of rotatable bonds is 3. The van der Waals surface area contributed by atoms with Crippen molar-refractivity contribution in [2.75, 3.05) is 18.4 Å². The molecule has 0 aliphatic carbocycles. The van der Waals surface area contributed by atoms with Crippen molar-refractivity contribution in [2.24, 2.45) is 18.2 Å². The van der Waals surface area contributed by atoms with Crippen LogP contribution in [0.4, 0.5) is 19.3 Å². The second-order valence-corrected chi connectivity index (χ2v) is 5.39. The predicted octanol–water partition coefficient (Wildman–Crippen LogP) is 1.09. The number of nitrogens with two attached hydrogens (primary N) is 1. The Kier molecular flexibility index (Phi) is 3.84. The number of hydrogen-bond donors (Lipinski definition) is 2. The Morgan fingerprint density at radius 2 is 2.19 bits per heavy atom. The molecule has 1 aliphatic rings. The molecular weight excluding hydrogens is 284 g/mol. The van der Waals surface area contributed by atoms with Crippen LogP contribution in [0, 0.1) is 5.41 Å². The SMILES string of the molecule is Cn1ncc(NC(=O)N2CCC(C)(C(N)=O)C2)c1C(F)F. The molecule has 1 aromatic rings. The molecule has 2 heterocycles. The highest BCUT2D eigenvalue weighted by molar-refractivity contribution is 5.91. The number of likely N-dealkylation sites (tertiary alicyclic amines) is 1. The van der Waals surface area contributed by atoms with Gasteiger partial charge in [-0.05, 0) is 13.3 Å². The molecule has 3 N–H and O–H groups in total. The van der Waals surface area contributed by atoms with Crippen LogP contribution in [0.3, 0.4) is 0 Å². The van der Waals surface area contributed by atoms with E-state index in [4.69, 9.17) is 5.73 Å². The minimum Gasteiger partial charge on any atom is -0.369 e. The number of nitrogens with zero attached hydrogens (tertiary/aromatic N) is 3. The summed E-state index contributed by atoms with van der Waals surface area (Å²) in [7, 11) is 1.37. The normalized spacial score (nSPS) is 21.9. The van der Waals surface area contributed by atoms with Crippen molar-refractivity contribution in [1.82, 2.24) is 14.7 Å². The molecule has 7 nitrogen and oxygen atoms in total. The van der Waals surface area contributed by atoms with Gasteiger partial charge in [-0.2, -0.15) is 5.10 Å². The van der Waals surface area contributed by atoms with Crippen molar-refractivity contribution in [1.29, 1.82) is 0 Å². The van der Waals surface area contributed by atoms with Crippen LogP contribution >= 0.6 is 0 Å². The third kappa shape index (κ3) is 2.81.